The molecule has 2 aliphatic rings. The summed E-state index contributed by atoms with van der Waals surface area (Å²) in [4.78, 5) is 0. The van der Waals surface area contributed by atoms with Gasteiger partial charge in [0, 0.05) is 98.9 Å². The van der Waals surface area contributed by atoms with Gasteiger partial charge in [-0.1, -0.05) is 184 Å². The van der Waals surface area contributed by atoms with Gasteiger partial charge < -0.3 is 17.9 Å². The van der Waals surface area contributed by atoms with Crippen LogP contribution in [0.4, 0.5) is 0 Å². The number of hydrogen-bond donors (Lipinski definition) is 0. The highest BCUT2D eigenvalue weighted by molar-refractivity contribution is 6.40. The summed E-state index contributed by atoms with van der Waals surface area (Å²) in [6.07, 6.45) is 12.8. The highest BCUT2D eigenvalue weighted by Crippen LogP contribution is 2.56. The molecule has 2 fully saturated rings. The largest absolute Gasteiger partial charge is 0.337 e. The molecule has 0 N–H and O–H groups in total. The summed E-state index contributed by atoms with van der Waals surface area (Å²) in [5.74, 6) is 0. The van der Waals surface area contributed by atoms with Crippen LogP contribution < -0.4 is 0 Å². The molecular weight excluding hydrogens is 849 g/mol. The molecule has 6 heterocycles. The van der Waals surface area contributed by atoms with Crippen molar-refractivity contribution >= 4 is 120 Å². The fourth-order valence-corrected chi connectivity index (χ4v) is 15.0. The number of aromatic nitrogens is 4. The first-order valence-electron chi connectivity index (χ1n) is 26.2. The molecule has 0 saturated heterocycles. The van der Waals surface area contributed by atoms with Gasteiger partial charge in [0.2, 0.25) is 0 Å². The monoisotopic (exact) mass is 898 g/mol. The zero-order chi connectivity index (χ0) is 45.3. The smallest absolute Gasteiger partial charge is 0.0634 e. The van der Waals surface area contributed by atoms with E-state index in [1.165, 1.54) is 206 Å². The average molecular weight is 899 g/mol. The van der Waals surface area contributed by atoms with Crippen molar-refractivity contribution in [3.63, 3.8) is 0 Å². The van der Waals surface area contributed by atoms with E-state index < -0.39 is 0 Å². The molecule has 4 heteroatoms. The van der Waals surface area contributed by atoms with Crippen LogP contribution in [0.1, 0.15) is 76.3 Å². The van der Waals surface area contributed by atoms with E-state index in [2.05, 4.69) is 188 Å². The highest BCUT2D eigenvalue weighted by Gasteiger charge is 2.33. The Hall–Kier alpha value is -7.82. The van der Waals surface area contributed by atoms with Gasteiger partial charge in [-0.2, -0.15) is 0 Å². The lowest BCUT2D eigenvalue weighted by Gasteiger charge is -2.25. The zero-order valence-electron chi connectivity index (χ0n) is 39.2. The second-order valence-corrected chi connectivity index (χ2v) is 21.1. The van der Waals surface area contributed by atoms with E-state index >= 15 is 0 Å². The van der Waals surface area contributed by atoms with E-state index in [1.807, 2.05) is 0 Å². The summed E-state index contributed by atoms with van der Waals surface area (Å²) in [7, 11) is 0. The number of nitrogens with zero attached hydrogens (tertiary/aromatic N) is 4. The third-order valence-corrected chi connectivity index (χ3v) is 17.7. The molecule has 17 rings (SSSR count). The van der Waals surface area contributed by atoms with Crippen LogP contribution in [-0.4, -0.2) is 17.9 Å². The molecule has 4 nitrogen and oxygen atoms in total. The maximum atomic E-state index is 2.78. The number of fused-ring (bicyclic) bond motifs is 20. The molecule has 2 aliphatic carbocycles. The molecular formula is C66H50N4. The van der Waals surface area contributed by atoms with Gasteiger partial charge in [-0.15, -0.1) is 0 Å². The zero-order valence-corrected chi connectivity index (χ0v) is 39.2. The first kappa shape index (κ1) is 38.1. The summed E-state index contributed by atoms with van der Waals surface area (Å²) in [6.45, 7) is 0. The van der Waals surface area contributed by atoms with Gasteiger partial charge >= 0.3 is 0 Å². The maximum absolute atomic E-state index is 2.78. The molecule has 0 bridgehead atoms. The summed E-state index contributed by atoms with van der Waals surface area (Å²) < 4.78 is 11.0. The van der Waals surface area contributed by atoms with E-state index in [-0.39, 0.29) is 0 Å². The average Bonchev–Trinajstić information content (AvgIpc) is 4.27. The lowest BCUT2D eigenvalue weighted by Crippen LogP contribution is -2.12. The van der Waals surface area contributed by atoms with Crippen molar-refractivity contribution < 1.29 is 0 Å². The van der Waals surface area contributed by atoms with Crippen LogP contribution in [-0.2, 0) is 0 Å². The van der Waals surface area contributed by atoms with E-state index in [0.717, 1.165) is 0 Å². The Morgan fingerprint density at radius 1 is 0.257 bits per heavy atom. The van der Waals surface area contributed by atoms with Crippen LogP contribution in [0.5, 0.6) is 0 Å². The van der Waals surface area contributed by atoms with Crippen LogP contribution in [0, 0.1) is 0 Å². The van der Waals surface area contributed by atoms with Gasteiger partial charge in [-0.3, -0.25) is 0 Å². The van der Waals surface area contributed by atoms with Gasteiger partial charge in [0.1, 0.15) is 0 Å². The minimum atomic E-state index is 0.488. The number of benzene rings is 9. The fraction of sp³-hybridized carbons (Fsp3) is 0.182. The van der Waals surface area contributed by atoms with Crippen molar-refractivity contribution in [2.75, 3.05) is 0 Å². The summed E-state index contributed by atoms with van der Waals surface area (Å²) in [5.41, 5.74) is 18.5. The van der Waals surface area contributed by atoms with Crippen LogP contribution >= 0.6 is 0 Å². The van der Waals surface area contributed by atoms with E-state index in [4.69, 9.17) is 0 Å². The molecule has 0 atom stereocenters. The molecule has 2 saturated carbocycles. The van der Waals surface area contributed by atoms with E-state index in [0.29, 0.717) is 12.1 Å². The second-order valence-electron chi connectivity index (χ2n) is 21.1. The number of hydrogen-bond acceptors (Lipinski definition) is 0. The quantitative estimate of drug-likeness (QED) is 0.168. The molecule has 0 radical (unpaired) electrons. The van der Waals surface area contributed by atoms with Crippen molar-refractivity contribution in [2.45, 2.75) is 76.3 Å². The Bertz CT molecular complexity index is 4340. The van der Waals surface area contributed by atoms with Gasteiger partial charge in [-0.25, -0.2) is 0 Å². The van der Waals surface area contributed by atoms with E-state index in [9.17, 15) is 0 Å². The van der Waals surface area contributed by atoms with E-state index in [1.54, 1.807) is 0 Å². The Balaban J connectivity index is 1.12. The van der Waals surface area contributed by atoms with Gasteiger partial charge in [-0.05, 0) is 61.1 Å². The highest BCUT2D eigenvalue weighted by atomic mass is 15.0. The molecule has 9 aromatic carbocycles. The van der Waals surface area contributed by atoms with Crippen molar-refractivity contribution in [3.05, 3.63) is 170 Å². The van der Waals surface area contributed by atoms with Crippen molar-refractivity contribution in [1.82, 2.24) is 17.9 Å². The van der Waals surface area contributed by atoms with Gasteiger partial charge in [0.15, 0.2) is 0 Å². The second kappa shape index (κ2) is 13.9. The van der Waals surface area contributed by atoms with Crippen molar-refractivity contribution in [1.29, 1.82) is 0 Å². The van der Waals surface area contributed by atoms with Crippen LogP contribution in [0.3, 0.4) is 0 Å². The normalized spacial score (nSPS) is 15.9. The van der Waals surface area contributed by atoms with Gasteiger partial charge in [0.05, 0.1) is 44.1 Å². The summed E-state index contributed by atoms with van der Waals surface area (Å²) in [5, 5.41) is 16.3. The third kappa shape index (κ3) is 4.68. The lowest BCUT2D eigenvalue weighted by molar-refractivity contribution is 0.368. The van der Waals surface area contributed by atoms with Crippen LogP contribution in [0.25, 0.3) is 142 Å². The van der Waals surface area contributed by atoms with Crippen LogP contribution in [0.15, 0.2) is 170 Å². The molecule has 0 unspecified atom stereocenters. The first-order chi connectivity index (χ1) is 34.8. The molecule has 15 aromatic rings. The minimum absolute atomic E-state index is 0.488. The summed E-state index contributed by atoms with van der Waals surface area (Å²) in [6, 6.07) is 66.4. The van der Waals surface area contributed by atoms with Crippen molar-refractivity contribution in [3.8, 4) is 22.3 Å². The third-order valence-electron chi connectivity index (χ3n) is 17.7. The SMILES string of the molecule is c1ccc(-c2c3c4cccc5c6c7c(ccc6n(c3c(-c3ccccc3)c3c6cccc8c9c%10c(ccc9n(c23)c68)c2ccccc2n%10C2CCCCC2)c45)c2ccccc2n7C2CCCCC2)cc1. The lowest BCUT2D eigenvalue weighted by atomic mass is 9.89. The predicted octanol–water partition coefficient (Wildman–Crippen LogP) is 18.5. The fourth-order valence-electron chi connectivity index (χ4n) is 15.0. The topological polar surface area (TPSA) is 18.7 Å². The number of para-hydroxylation sites is 4. The molecule has 70 heavy (non-hydrogen) atoms. The van der Waals surface area contributed by atoms with Gasteiger partial charge in [0.25, 0.3) is 0 Å². The standard InChI is InChI=1S/C66H50N4/c1-5-19-39(20-6-1)55-59-49-31-17-29-47-58-54(38-36-46-44-28-14-16-34-52(44)68(64(46)58)42-25-11-4-12-26-42)70(61(47)49)66(59)56(40-21-7-2-8-22-40)60-50-32-18-30-48-57-53(69(62(48)50)65(55)60)37-35-45-43-27-13-15-33-51(43)67(63(45)57)41-23-9-3-10-24-41/h1-2,5-8,13-22,27-38,41-42H,3-4,9-12,23-26H2. The number of rotatable bonds is 4. The molecule has 0 aliphatic heterocycles. The molecule has 6 aromatic heterocycles. The Morgan fingerprint density at radius 2 is 0.629 bits per heavy atom. The molecule has 0 spiro atoms. The first-order valence-corrected chi connectivity index (χ1v) is 26.2. The minimum Gasteiger partial charge on any atom is -0.337 e. The van der Waals surface area contributed by atoms with Crippen LogP contribution in [0.2, 0.25) is 0 Å². The Kier molecular flexibility index (Phi) is 7.57. The Labute approximate surface area is 404 Å². The molecule has 0 amide bonds. The van der Waals surface area contributed by atoms with Crippen molar-refractivity contribution in [2.24, 2.45) is 0 Å². The maximum Gasteiger partial charge on any atom is 0.0634 e. The molecule has 334 valence electrons. The Morgan fingerprint density at radius 3 is 1.06 bits per heavy atom. The summed E-state index contributed by atoms with van der Waals surface area (Å²) >= 11 is 0. The predicted molar refractivity (Wildman–Crippen MR) is 297 cm³/mol.